The molecule has 0 saturated carbocycles. The molecule has 43 heavy (non-hydrogen) atoms. The zero-order valence-electron chi connectivity index (χ0n) is 23.9. The van der Waals surface area contributed by atoms with Crippen LogP contribution in [0.15, 0.2) is 30.3 Å². The number of nitrogens with zero attached hydrogens (tertiary/aromatic N) is 3. The lowest BCUT2D eigenvalue weighted by Gasteiger charge is -2.43. The van der Waals surface area contributed by atoms with Gasteiger partial charge in [-0.05, 0) is 62.1 Å². The summed E-state index contributed by atoms with van der Waals surface area (Å²) in [4.78, 5) is 32.1. The number of carboxylic acid groups (broad SMARTS) is 1. The number of hydrogen-bond donors (Lipinski definition) is 1. The minimum atomic E-state index is -1.18. The van der Waals surface area contributed by atoms with Crippen LogP contribution in [-0.2, 0) is 20.7 Å². The second-order valence-corrected chi connectivity index (χ2v) is 12.3. The van der Waals surface area contributed by atoms with E-state index in [-0.39, 0.29) is 63.0 Å². The molecule has 0 aromatic heterocycles. The Morgan fingerprint density at radius 3 is 2.30 bits per heavy atom. The maximum absolute atomic E-state index is 15.1. The molecule has 0 aliphatic carbocycles. The predicted octanol–water partition coefficient (Wildman–Crippen LogP) is 5.12. The van der Waals surface area contributed by atoms with Gasteiger partial charge in [0.2, 0.25) is 5.91 Å². The van der Waals surface area contributed by atoms with Crippen LogP contribution in [0.5, 0.6) is 0 Å². The molecule has 3 fully saturated rings. The van der Waals surface area contributed by atoms with Crippen LogP contribution < -0.4 is 0 Å². The minimum Gasteiger partial charge on any atom is -0.480 e. The molecular weight excluding hydrogens is 583 g/mol. The molecular formula is C32H41ClF3N3O4. The number of benzene rings is 2. The molecule has 3 aliphatic heterocycles. The largest absolute Gasteiger partial charge is 0.480 e. The smallest absolute Gasteiger partial charge is 0.321 e. The first-order valence-electron chi connectivity index (χ1n) is 14.5. The molecule has 11 heteroatoms. The number of piperazine rings is 1. The molecule has 0 bridgehead atoms. The van der Waals surface area contributed by atoms with Gasteiger partial charge in [0.25, 0.3) is 0 Å². The van der Waals surface area contributed by atoms with Gasteiger partial charge in [-0.2, -0.15) is 0 Å². The van der Waals surface area contributed by atoms with E-state index < -0.39 is 35.4 Å². The van der Waals surface area contributed by atoms with Gasteiger partial charge in [-0.25, -0.2) is 13.2 Å². The van der Waals surface area contributed by atoms with Crippen molar-refractivity contribution in [3.8, 4) is 0 Å². The molecule has 0 radical (unpaired) electrons. The standard InChI is InChI=1S/C31H37ClF3N3O4.CH4/c1-18-11-26(33)23(27(34)12-18)14-29(31(40)41)36-7-8-38(19(2)15-36)30(39)25-17-37(21-5-9-42-10-6-21)16-24(25)22-4-3-20(32)13-28(22)35;/h3-4,11-13,19,21,24-25,29H,5-10,14-17H2,1-2H3,(H,40,41);1H4/t19-,24-,25+,29-;/m0./s1. The fourth-order valence-electron chi connectivity index (χ4n) is 6.85. The molecule has 1 N–H and O–H groups in total. The second kappa shape index (κ2) is 14.0. The SMILES string of the molecule is C.Cc1cc(F)c(C[C@@H](C(=O)O)N2CCN(C(=O)[C@@H]3CN(C4CCOCC4)C[C@H]3c3ccc(Cl)cc3F)[C@@H](C)C2)c(F)c1. The number of aryl methyl sites for hydroxylation is 1. The molecule has 2 aromatic carbocycles. The van der Waals surface area contributed by atoms with Crippen LogP contribution in [0.2, 0.25) is 5.02 Å². The Kier molecular flexibility index (Phi) is 10.8. The summed E-state index contributed by atoms with van der Waals surface area (Å²) < 4.78 is 49.8. The highest BCUT2D eigenvalue weighted by Gasteiger charge is 2.45. The first kappa shape index (κ1) is 33.2. The molecule has 0 spiro atoms. The van der Waals surface area contributed by atoms with Crippen LogP contribution in [0.25, 0.3) is 0 Å². The third-order valence-electron chi connectivity index (χ3n) is 9.09. The zero-order chi connectivity index (χ0) is 30.1. The van der Waals surface area contributed by atoms with Crippen LogP contribution >= 0.6 is 11.6 Å². The van der Waals surface area contributed by atoms with E-state index in [0.29, 0.717) is 42.5 Å². The van der Waals surface area contributed by atoms with Crippen molar-refractivity contribution in [1.29, 1.82) is 0 Å². The van der Waals surface area contributed by atoms with Crippen LogP contribution in [0.3, 0.4) is 0 Å². The van der Waals surface area contributed by atoms with Gasteiger partial charge < -0.3 is 14.7 Å². The van der Waals surface area contributed by atoms with E-state index >= 15 is 4.39 Å². The van der Waals surface area contributed by atoms with Gasteiger partial charge in [0.1, 0.15) is 23.5 Å². The van der Waals surface area contributed by atoms with E-state index in [2.05, 4.69) is 4.90 Å². The maximum Gasteiger partial charge on any atom is 0.321 e. The minimum absolute atomic E-state index is 0. The van der Waals surface area contributed by atoms with Crippen LogP contribution in [0, 0.1) is 30.3 Å². The number of amides is 1. The summed E-state index contributed by atoms with van der Waals surface area (Å²) in [6, 6.07) is 5.73. The van der Waals surface area contributed by atoms with Crippen LogP contribution in [0.4, 0.5) is 13.2 Å². The van der Waals surface area contributed by atoms with E-state index in [0.717, 1.165) is 12.8 Å². The van der Waals surface area contributed by atoms with Gasteiger partial charge in [-0.3, -0.25) is 19.4 Å². The predicted molar refractivity (Wildman–Crippen MR) is 159 cm³/mol. The van der Waals surface area contributed by atoms with Gasteiger partial charge in [-0.15, -0.1) is 0 Å². The lowest BCUT2D eigenvalue weighted by Crippen LogP contribution is -2.59. The highest BCUT2D eigenvalue weighted by atomic mass is 35.5. The number of carbonyl (C=O) groups excluding carboxylic acids is 1. The quantitative estimate of drug-likeness (QED) is 0.461. The van der Waals surface area contributed by atoms with Crippen molar-refractivity contribution in [3.05, 3.63) is 69.5 Å². The number of hydrogen-bond acceptors (Lipinski definition) is 5. The third kappa shape index (κ3) is 7.19. The number of ether oxygens (including phenoxy) is 1. The molecule has 3 saturated heterocycles. The Morgan fingerprint density at radius 2 is 1.70 bits per heavy atom. The number of carbonyl (C=O) groups is 2. The Morgan fingerprint density at radius 1 is 1.02 bits per heavy atom. The fourth-order valence-corrected chi connectivity index (χ4v) is 7.01. The van der Waals surface area contributed by atoms with Gasteiger partial charge >= 0.3 is 5.97 Å². The molecule has 2 aromatic rings. The Balaban J connectivity index is 0.00000423. The van der Waals surface area contributed by atoms with E-state index in [1.165, 1.54) is 18.2 Å². The summed E-state index contributed by atoms with van der Waals surface area (Å²) in [5, 5.41) is 10.3. The summed E-state index contributed by atoms with van der Waals surface area (Å²) in [6.45, 7) is 6.48. The lowest BCUT2D eigenvalue weighted by atomic mass is 9.87. The zero-order valence-corrected chi connectivity index (χ0v) is 24.6. The number of aliphatic carboxylic acids is 1. The van der Waals surface area contributed by atoms with Gasteiger partial charge in [0.15, 0.2) is 0 Å². The van der Waals surface area contributed by atoms with Gasteiger partial charge in [-0.1, -0.05) is 25.1 Å². The molecule has 236 valence electrons. The average molecular weight is 624 g/mol. The Labute approximate surface area is 256 Å². The maximum atomic E-state index is 15.1. The highest BCUT2D eigenvalue weighted by molar-refractivity contribution is 6.30. The second-order valence-electron chi connectivity index (χ2n) is 11.8. The highest BCUT2D eigenvalue weighted by Crippen LogP contribution is 2.39. The van der Waals surface area contributed by atoms with Crippen molar-refractivity contribution in [3.63, 3.8) is 0 Å². The summed E-state index contributed by atoms with van der Waals surface area (Å²) in [6.07, 6.45) is 1.38. The van der Waals surface area contributed by atoms with E-state index in [9.17, 15) is 23.5 Å². The molecule has 7 nitrogen and oxygen atoms in total. The number of halogens is 4. The topological polar surface area (TPSA) is 73.3 Å². The lowest BCUT2D eigenvalue weighted by molar-refractivity contribution is -0.147. The van der Waals surface area contributed by atoms with Gasteiger partial charge in [0, 0.05) is 80.9 Å². The van der Waals surface area contributed by atoms with Crippen molar-refractivity contribution < 1.29 is 32.6 Å². The first-order chi connectivity index (χ1) is 20.0. The summed E-state index contributed by atoms with van der Waals surface area (Å²) >= 11 is 6.02. The third-order valence-corrected chi connectivity index (χ3v) is 9.32. The van der Waals surface area contributed by atoms with Crippen molar-refractivity contribution in [2.45, 2.75) is 64.6 Å². The first-order valence-corrected chi connectivity index (χ1v) is 14.9. The van der Waals surface area contributed by atoms with Gasteiger partial charge in [0.05, 0.1) is 5.92 Å². The van der Waals surface area contributed by atoms with Crippen molar-refractivity contribution >= 4 is 23.5 Å². The average Bonchev–Trinajstić information content (AvgIpc) is 3.38. The molecule has 0 unspecified atom stereocenters. The summed E-state index contributed by atoms with van der Waals surface area (Å²) in [7, 11) is 0. The molecule has 5 rings (SSSR count). The molecule has 4 atom stereocenters. The molecule has 1 amide bonds. The number of likely N-dealkylation sites (tertiary alicyclic amines) is 1. The number of rotatable bonds is 7. The van der Waals surface area contributed by atoms with Crippen molar-refractivity contribution in [1.82, 2.24) is 14.7 Å². The van der Waals surface area contributed by atoms with Crippen molar-refractivity contribution in [2.24, 2.45) is 5.92 Å². The Bertz CT molecular complexity index is 1300. The molecule has 3 heterocycles. The Hall–Kier alpha value is -2.66. The number of carboxylic acids is 1. The molecule has 3 aliphatic rings. The monoisotopic (exact) mass is 623 g/mol. The van der Waals surface area contributed by atoms with E-state index in [4.69, 9.17) is 16.3 Å². The summed E-state index contributed by atoms with van der Waals surface area (Å²) in [5.74, 6) is -4.09. The van der Waals surface area contributed by atoms with Crippen LogP contribution in [0.1, 0.15) is 49.8 Å². The fraction of sp³-hybridized carbons (Fsp3) is 0.562. The normalized spacial score (nSPS) is 24.5. The van der Waals surface area contributed by atoms with Crippen LogP contribution in [-0.4, -0.2) is 95.7 Å². The summed E-state index contributed by atoms with van der Waals surface area (Å²) in [5.41, 5.74) is 0.623. The van der Waals surface area contributed by atoms with Crippen molar-refractivity contribution in [2.75, 3.05) is 45.9 Å². The van der Waals surface area contributed by atoms with E-state index in [1.807, 2.05) is 6.92 Å². The van der Waals surface area contributed by atoms with E-state index in [1.54, 1.807) is 28.9 Å².